The number of hydrogen-bond donors (Lipinski definition) is 7. The number of ether oxygens (including phenoxy) is 4. The standard InChI is InChI=1S/C24H42O11/c1-11-7-13(8-24(3,4)14(11)6-5-12(2)26)33-23-21(31)19(29)18(28)16(35-23)10-32-22-20(30)17(27)15(9-25)34-22/h12-13,15-23,25-31H,5-10H2,1-4H3/t12-,13+,15-,16+,17-,18+,19-,20+,21+,22+,23+/m0/s1. The second-order valence-electron chi connectivity index (χ2n) is 10.8. The molecule has 0 aromatic carbocycles. The molecule has 35 heavy (non-hydrogen) atoms. The largest absolute Gasteiger partial charge is 0.394 e. The average Bonchev–Trinajstić information content (AvgIpc) is 3.05. The molecule has 1 aliphatic carbocycles. The van der Waals surface area contributed by atoms with Crippen molar-refractivity contribution in [2.45, 2.75) is 121 Å². The third kappa shape index (κ3) is 6.60. The molecule has 0 spiro atoms. The van der Waals surface area contributed by atoms with E-state index >= 15 is 0 Å². The molecule has 0 amide bonds. The minimum absolute atomic E-state index is 0.192. The Hall–Kier alpha value is -0.700. The zero-order valence-electron chi connectivity index (χ0n) is 20.9. The zero-order valence-corrected chi connectivity index (χ0v) is 20.9. The highest BCUT2D eigenvalue weighted by Gasteiger charge is 2.48. The van der Waals surface area contributed by atoms with E-state index < -0.39 is 61.9 Å². The summed E-state index contributed by atoms with van der Waals surface area (Å²) >= 11 is 0. The predicted octanol–water partition coefficient (Wildman–Crippen LogP) is -1.07. The first kappa shape index (κ1) is 28.9. The summed E-state index contributed by atoms with van der Waals surface area (Å²) in [5, 5.41) is 70.1. The molecule has 0 bridgehead atoms. The molecule has 3 aliphatic rings. The molecule has 2 fully saturated rings. The van der Waals surface area contributed by atoms with Crippen molar-refractivity contribution in [1.82, 2.24) is 0 Å². The van der Waals surface area contributed by atoms with Crippen LogP contribution in [-0.4, -0.2) is 116 Å². The van der Waals surface area contributed by atoms with Gasteiger partial charge in [-0.2, -0.15) is 0 Å². The van der Waals surface area contributed by atoms with Crippen molar-refractivity contribution in [3.05, 3.63) is 11.1 Å². The highest BCUT2D eigenvalue weighted by atomic mass is 16.7. The fraction of sp³-hybridized carbons (Fsp3) is 0.917. The summed E-state index contributed by atoms with van der Waals surface area (Å²) in [6, 6.07) is 0. The Morgan fingerprint density at radius 3 is 2.11 bits per heavy atom. The summed E-state index contributed by atoms with van der Waals surface area (Å²) < 4.78 is 22.6. The minimum atomic E-state index is -1.55. The highest BCUT2D eigenvalue weighted by Crippen LogP contribution is 2.44. The van der Waals surface area contributed by atoms with Gasteiger partial charge in [-0.15, -0.1) is 0 Å². The quantitative estimate of drug-likeness (QED) is 0.189. The molecular weight excluding hydrogens is 464 g/mol. The van der Waals surface area contributed by atoms with Gasteiger partial charge in [0.1, 0.15) is 42.7 Å². The third-order valence-corrected chi connectivity index (χ3v) is 7.33. The van der Waals surface area contributed by atoms with Gasteiger partial charge in [-0.25, -0.2) is 0 Å². The van der Waals surface area contributed by atoms with Crippen LogP contribution in [0.5, 0.6) is 0 Å². The maximum absolute atomic E-state index is 10.5. The van der Waals surface area contributed by atoms with Crippen LogP contribution >= 0.6 is 0 Å². The summed E-state index contributed by atoms with van der Waals surface area (Å²) in [6.07, 6.45) is -9.82. The van der Waals surface area contributed by atoms with E-state index in [1.54, 1.807) is 6.92 Å². The lowest BCUT2D eigenvalue weighted by molar-refractivity contribution is -0.320. The van der Waals surface area contributed by atoms with Crippen LogP contribution in [0.3, 0.4) is 0 Å². The summed E-state index contributed by atoms with van der Waals surface area (Å²) in [7, 11) is 0. The van der Waals surface area contributed by atoms with Crippen molar-refractivity contribution in [1.29, 1.82) is 0 Å². The molecule has 3 rings (SSSR count). The van der Waals surface area contributed by atoms with Crippen molar-refractivity contribution < 1.29 is 54.7 Å². The number of hydrogen-bond acceptors (Lipinski definition) is 11. The van der Waals surface area contributed by atoms with Crippen LogP contribution in [0.1, 0.15) is 53.4 Å². The Balaban J connectivity index is 1.62. The van der Waals surface area contributed by atoms with Gasteiger partial charge in [0.15, 0.2) is 12.6 Å². The van der Waals surface area contributed by atoms with Gasteiger partial charge in [0, 0.05) is 0 Å². The molecule has 0 unspecified atom stereocenters. The lowest BCUT2D eigenvalue weighted by Gasteiger charge is -2.44. The SMILES string of the molecule is CC1=C(CC[C@H](C)O)C(C)(C)C[C@H](O[C@@H]2O[C@H](CO[C@@H]3O[C@@H](CO)[C@H](O)[C@H]3O)[C@@H](O)[C@H](O)[C@H]2O)C1. The first-order chi connectivity index (χ1) is 16.4. The van der Waals surface area contributed by atoms with Crippen molar-refractivity contribution in [2.75, 3.05) is 13.2 Å². The summed E-state index contributed by atoms with van der Waals surface area (Å²) in [5.74, 6) is 0. The van der Waals surface area contributed by atoms with E-state index in [0.29, 0.717) is 19.3 Å². The van der Waals surface area contributed by atoms with Crippen LogP contribution in [-0.2, 0) is 18.9 Å². The van der Waals surface area contributed by atoms with Crippen molar-refractivity contribution in [2.24, 2.45) is 5.41 Å². The molecule has 204 valence electrons. The van der Waals surface area contributed by atoms with E-state index in [9.17, 15) is 35.7 Å². The maximum Gasteiger partial charge on any atom is 0.186 e. The molecule has 2 heterocycles. The molecule has 0 radical (unpaired) electrons. The van der Waals surface area contributed by atoms with E-state index in [2.05, 4.69) is 13.8 Å². The Labute approximate surface area is 205 Å². The molecule has 0 aromatic heterocycles. The van der Waals surface area contributed by atoms with E-state index in [1.165, 1.54) is 5.57 Å². The zero-order chi connectivity index (χ0) is 26.1. The van der Waals surface area contributed by atoms with Crippen LogP contribution in [0, 0.1) is 5.41 Å². The van der Waals surface area contributed by atoms with Gasteiger partial charge in [-0.1, -0.05) is 25.0 Å². The summed E-state index contributed by atoms with van der Waals surface area (Å²) in [5.41, 5.74) is 2.24. The van der Waals surface area contributed by atoms with E-state index in [-0.39, 0.29) is 24.2 Å². The normalized spacial score (nSPS) is 42.9. The monoisotopic (exact) mass is 506 g/mol. The van der Waals surface area contributed by atoms with Crippen LogP contribution < -0.4 is 0 Å². The lowest BCUT2D eigenvalue weighted by Crippen LogP contribution is -2.60. The second-order valence-corrected chi connectivity index (χ2v) is 10.8. The molecule has 11 atom stereocenters. The van der Waals surface area contributed by atoms with E-state index in [0.717, 1.165) is 12.0 Å². The maximum atomic E-state index is 10.5. The fourth-order valence-electron chi connectivity index (χ4n) is 5.36. The van der Waals surface area contributed by atoms with Gasteiger partial charge in [-0.3, -0.25) is 0 Å². The molecular formula is C24H42O11. The third-order valence-electron chi connectivity index (χ3n) is 7.33. The number of aliphatic hydroxyl groups is 7. The minimum Gasteiger partial charge on any atom is -0.394 e. The van der Waals surface area contributed by atoms with Crippen LogP contribution in [0.15, 0.2) is 11.1 Å². The topological polar surface area (TPSA) is 179 Å². The van der Waals surface area contributed by atoms with Gasteiger partial charge < -0.3 is 54.7 Å². The summed E-state index contributed by atoms with van der Waals surface area (Å²) in [6.45, 7) is 7.19. The van der Waals surface area contributed by atoms with Gasteiger partial charge in [0.2, 0.25) is 0 Å². The van der Waals surface area contributed by atoms with Crippen molar-refractivity contribution in [3.63, 3.8) is 0 Å². The molecule has 0 saturated carbocycles. The van der Waals surface area contributed by atoms with Gasteiger partial charge >= 0.3 is 0 Å². The Morgan fingerprint density at radius 2 is 1.54 bits per heavy atom. The Bertz CT molecular complexity index is 726. The number of allylic oxidation sites excluding steroid dienone is 1. The first-order valence-electron chi connectivity index (χ1n) is 12.3. The van der Waals surface area contributed by atoms with Crippen LogP contribution in [0.25, 0.3) is 0 Å². The van der Waals surface area contributed by atoms with Gasteiger partial charge in [0.05, 0.1) is 25.4 Å². The number of aliphatic hydroxyl groups excluding tert-OH is 7. The molecule has 0 aromatic rings. The smallest absolute Gasteiger partial charge is 0.186 e. The van der Waals surface area contributed by atoms with E-state index in [4.69, 9.17) is 18.9 Å². The summed E-state index contributed by atoms with van der Waals surface area (Å²) in [4.78, 5) is 0. The Morgan fingerprint density at radius 1 is 0.943 bits per heavy atom. The van der Waals surface area contributed by atoms with Crippen LogP contribution in [0.4, 0.5) is 0 Å². The predicted molar refractivity (Wildman–Crippen MR) is 122 cm³/mol. The van der Waals surface area contributed by atoms with E-state index in [1.807, 2.05) is 6.92 Å². The lowest BCUT2D eigenvalue weighted by atomic mass is 9.70. The van der Waals surface area contributed by atoms with Gasteiger partial charge in [-0.05, 0) is 44.9 Å². The molecule has 11 heteroatoms. The first-order valence-corrected chi connectivity index (χ1v) is 12.3. The number of rotatable bonds is 9. The van der Waals surface area contributed by atoms with Gasteiger partial charge in [0.25, 0.3) is 0 Å². The fourth-order valence-corrected chi connectivity index (χ4v) is 5.36. The second kappa shape index (κ2) is 11.8. The average molecular weight is 507 g/mol. The molecule has 7 N–H and O–H groups in total. The molecule has 2 aliphatic heterocycles. The highest BCUT2D eigenvalue weighted by molar-refractivity contribution is 5.24. The van der Waals surface area contributed by atoms with Crippen LogP contribution in [0.2, 0.25) is 0 Å². The molecule has 2 saturated heterocycles. The van der Waals surface area contributed by atoms with Crippen molar-refractivity contribution >= 4 is 0 Å². The molecule has 11 nitrogen and oxygen atoms in total. The Kier molecular flexibility index (Phi) is 9.72. The van der Waals surface area contributed by atoms with Crippen molar-refractivity contribution in [3.8, 4) is 0 Å².